The summed E-state index contributed by atoms with van der Waals surface area (Å²) in [6.07, 6.45) is 9.81. The predicted molar refractivity (Wildman–Crippen MR) is 143 cm³/mol. The third-order valence-corrected chi connectivity index (χ3v) is 8.77. The van der Waals surface area contributed by atoms with Gasteiger partial charge in [0.25, 0.3) is 0 Å². The smallest absolute Gasteiger partial charge is 0.247 e. The van der Waals surface area contributed by atoms with Crippen LogP contribution in [-0.4, -0.2) is 57.8 Å². The van der Waals surface area contributed by atoms with E-state index in [2.05, 4.69) is 21.7 Å². The molecule has 4 rings (SSSR count). The van der Waals surface area contributed by atoms with E-state index in [1.807, 2.05) is 6.92 Å². The summed E-state index contributed by atoms with van der Waals surface area (Å²) in [4.78, 5) is 17.0. The summed E-state index contributed by atoms with van der Waals surface area (Å²) >= 11 is 0. The van der Waals surface area contributed by atoms with Gasteiger partial charge >= 0.3 is 0 Å². The highest BCUT2D eigenvalue weighted by molar-refractivity contribution is 7.88. The number of fused-ring (bicyclic) bond motifs is 1. The molecule has 0 spiro atoms. The molecular formula is C27H35FN4O4S. The van der Waals surface area contributed by atoms with Gasteiger partial charge in [0, 0.05) is 62.3 Å². The first kappa shape index (κ1) is 27.1. The fourth-order valence-electron chi connectivity index (χ4n) is 5.36. The summed E-state index contributed by atoms with van der Waals surface area (Å²) in [6.45, 7) is 2.18. The number of carbonyl (C=O) groups is 1. The number of halogens is 1. The van der Waals surface area contributed by atoms with Gasteiger partial charge in [-0.2, -0.15) is 0 Å². The van der Waals surface area contributed by atoms with Gasteiger partial charge in [-0.25, -0.2) is 22.1 Å². The van der Waals surface area contributed by atoms with Crippen LogP contribution in [0, 0.1) is 11.7 Å². The normalized spacial score (nSPS) is 22.1. The van der Waals surface area contributed by atoms with Gasteiger partial charge < -0.3 is 15.4 Å². The molecule has 0 radical (unpaired) electrons. The van der Waals surface area contributed by atoms with Crippen LogP contribution in [0.1, 0.15) is 45.4 Å². The summed E-state index contributed by atoms with van der Waals surface area (Å²) in [5, 5.41) is 6.02. The standard InChI is InChI=1S/C27H35FN4O4S/c1-17-21(27(33)29-2)14-18-9-7-13-30-26(25(17)18)31-22-12-11-20(28)15-24(22)36-16-19-8-5-6-10-23(19)32(3)37(4,34)35/h9,11-13,15,19,23,31H,5-8,10,14,16H2,1-4H3,(H,29,33)/t19?,23-/m1/s1. The van der Waals surface area contributed by atoms with Gasteiger partial charge in [0.1, 0.15) is 17.4 Å². The number of rotatable bonds is 8. The van der Waals surface area contributed by atoms with Crippen LogP contribution in [0.2, 0.25) is 0 Å². The number of nitrogens with zero attached hydrogens (tertiary/aromatic N) is 2. The second-order valence-electron chi connectivity index (χ2n) is 9.83. The predicted octanol–water partition coefficient (Wildman–Crippen LogP) is 4.15. The van der Waals surface area contributed by atoms with Crippen molar-refractivity contribution in [3.05, 3.63) is 58.2 Å². The quantitative estimate of drug-likeness (QED) is 0.526. The minimum absolute atomic E-state index is 0.00724. The summed E-state index contributed by atoms with van der Waals surface area (Å²) in [5.41, 5.74) is 3.99. The topological polar surface area (TPSA) is 100 Å². The Morgan fingerprint density at radius 3 is 2.76 bits per heavy atom. The monoisotopic (exact) mass is 530 g/mol. The molecule has 10 heteroatoms. The zero-order valence-electron chi connectivity index (χ0n) is 21.8. The van der Waals surface area contributed by atoms with Gasteiger partial charge in [0.15, 0.2) is 0 Å². The molecule has 2 aliphatic carbocycles. The number of nitrogens with one attached hydrogen (secondary N) is 2. The van der Waals surface area contributed by atoms with E-state index in [9.17, 15) is 17.6 Å². The summed E-state index contributed by atoms with van der Waals surface area (Å²) < 4.78 is 46.2. The van der Waals surface area contributed by atoms with Crippen LogP contribution < -0.4 is 15.4 Å². The van der Waals surface area contributed by atoms with E-state index in [0.29, 0.717) is 35.7 Å². The van der Waals surface area contributed by atoms with Crippen LogP contribution in [0.25, 0.3) is 0 Å². The third-order valence-electron chi connectivity index (χ3n) is 7.45. The fraction of sp³-hybridized carbons (Fsp3) is 0.481. The van der Waals surface area contributed by atoms with Crippen molar-refractivity contribution in [2.75, 3.05) is 32.3 Å². The van der Waals surface area contributed by atoms with Crippen molar-refractivity contribution >= 4 is 27.8 Å². The molecule has 2 N–H and O–H groups in total. The van der Waals surface area contributed by atoms with Crippen LogP contribution in [0.3, 0.4) is 0 Å². The number of benzene rings is 1. The Morgan fingerprint density at radius 1 is 1.27 bits per heavy atom. The number of hydrogen-bond donors (Lipinski definition) is 2. The maximum absolute atomic E-state index is 14.3. The molecule has 0 bridgehead atoms. The Hall–Kier alpha value is -2.98. The summed E-state index contributed by atoms with van der Waals surface area (Å²) in [7, 11) is -0.110. The largest absolute Gasteiger partial charge is 0.491 e. The number of sulfonamides is 1. The van der Waals surface area contributed by atoms with Gasteiger partial charge in [-0.05, 0) is 43.0 Å². The Morgan fingerprint density at radius 2 is 2.03 bits per heavy atom. The molecule has 200 valence electrons. The number of aliphatic imine (C=N–C) groups is 1. The van der Waals surface area contributed by atoms with Crippen molar-refractivity contribution < 1.29 is 22.3 Å². The molecule has 1 aliphatic heterocycles. The van der Waals surface area contributed by atoms with E-state index in [-0.39, 0.29) is 24.5 Å². The van der Waals surface area contributed by atoms with Crippen molar-refractivity contribution in [2.45, 2.75) is 51.5 Å². The lowest BCUT2D eigenvalue weighted by molar-refractivity contribution is -0.117. The van der Waals surface area contributed by atoms with Crippen molar-refractivity contribution in [1.82, 2.24) is 9.62 Å². The molecule has 1 unspecified atom stereocenters. The van der Waals surface area contributed by atoms with E-state index in [1.54, 1.807) is 26.4 Å². The lowest BCUT2D eigenvalue weighted by Crippen LogP contribution is -2.44. The molecule has 37 heavy (non-hydrogen) atoms. The maximum Gasteiger partial charge on any atom is 0.247 e. The average molecular weight is 531 g/mol. The molecular weight excluding hydrogens is 495 g/mol. The molecule has 1 saturated carbocycles. The zero-order valence-corrected chi connectivity index (χ0v) is 22.6. The van der Waals surface area contributed by atoms with Gasteiger partial charge in [-0.1, -0.05) is 18.9 Å². The van der Waals surface area contributed by atoms with E-state index >= 15 is 0 Å². The highest BCUT2D eigenvalue weighted by atomic mass is 32.2. The van der Waals surface area contributed by atoms with Crippen molar-refractivity contribution in [1.29, 1.82) is 0 Å². The Bertz CT molecular complexity index is 1300. The first-order chi connectivity index (χ1) is 17.6. The molecule has 1 heterocycles. The van der Waals surface area contributed by atoms with Crippen molar-refractivity contribution in [3.63, 3.8) is 0 Å². The van der Waals surface area contributed by atoms with Crippen LogP contribution in [0.5, 0.6) is 5.75 Å². The lowest BCUT2D eigenvalue weighted by Gasteiger charge is -2.36. The Kier molecular flexibility index (Phi) is 8.18. The van der Waals surface area contributed by atoms with Gasteiger partial charge in [-0.15, -0.1) is 0 Å². The second-order valence-corrected chi connectivity index (χ2v) is 11.9. The number of carbonyl (C=O) groups excluding carboxylic acids is 1. The van der Waals surface area contributed by atoms with E-state index < -0.39 is 15.8 Å². The lowest BCUT2D eigenvalue weighted by atomic mass is 9.85. The van der Waals surface area contributed by atoms with Gasteiger partial charge in [0.2, 0.25) is 15.9 Å². The molecule has 2 atom stereocenters. The van der Waals surface area contributed by atoms with Gasteiger partial charge in [-0.3, -0.25) is 4.79 Å². The number of likely N-dealkylation sites (N-methyl/N-ethyl adjacent to an activating group) is 1. The summed E-state index contributed by atoms with van der Waals surface area (Å²) in [5.74, 6) is 0.344. The average Bonchev–Trinajstić information content (AvgIpc) is 3.06. The third kappa shape index (κ3) is 5.96. The number of anilines is 1. The molecule has 1 aromatic carbocycles. The molecule has 8 nitrogen and oxygen atoms in total. The molecule has 0 saturated heterocycles. The minimum atomic E-state index is -3.34. The van der Waals surface area contributed by atoms with E-state index in [0.717, 1.165) is 42.4 Å². The van der Waals surface area contributed by atoms with E-state index in [4.69, 9.17) is 4.74 Å². The summed E-state index contributed by atoms with van der Waals surface area (Å²) in [6, 6.07) is 4.13. The molecule has 1 aromatic rings. The molecule has 1 fully saturated rings. The molecule has 3 aliphatic rings. The number of amides is 1. The van der Waals surface area contributed by atoms with Crippen LogP contribution in [0.4, 0.5) is 10.1 Å². The molecule has 0 aromatic heterocycles. The fourth-order valence-corrected chi connectivity index (χ4v) is 6.13. The highest BCUT2D eigenvalue weighted by Gasteiger charge is 2.33. The number of allylic oxidation sites excluding steroid dienone is 4. The first-order valence-corrected chi connectivity index (χ1v) is 14.5. The highest BCUT2D eigenvalue weighted by Crippen LogP contribution is 2.41. The Labute approximate surface area is 218 Å². The SMILES string of the molecule is CNC(=O)C1=C(C)C2=C(Nc3ccc(F)cc3OCC3CCCC[C@H]3N(C)S(C)(=O)=O)N=CCC=C2C1. The van der Waals surface area contributed by atoms with Gasteiger partial charge in [0.05, 0.1) is 18.6 Å². The second kappa shape index (κ2) is 11.2. The van der Waals surface area contributed by atoms with Crippen LogP contribution >= 0.6 is 0 Å². The van der Waals surface area contributed by atoms with Crippen LogP contribution in [0.15, 0.2) is 57.4 Å². The van der Waals surface area contributed by atoms with Crippen LogP contribution in [-0.2, 0) is 14.8 Å². The zero-order chi connectivity index (χ0) is 26.7. The van der Waals surface area contributed by atoms with Crippen molar-refractivity contribution in [2.24, 2.45) is 10.9 Å². The molecule has 1 amide bonds. The van der Waals surface area contributed by atoms with Crippen molar-refractivity contribution in [3.8, 4) is 5.75 Å². The van der Waals surface area contributed by atoms with E-state index in [1.165, 1.54) is 22.7 Å². The minimum Gasteiger partial charge on any atom is -0.491 e. The Balaban J connectivity index is 1.61. The number of hydrogen-bond acceptors (Lipinski definition) is 6. The first-order valence-electron chi connectivity index (χ1n) is 12.6. The number of ether oxygens (including phenoxy) is 1. The maximum atomic E-state index is 14.3.